The van der Waals surface area contributed by atoms with Crippen LogP contribution in [-0.4, -0.2) is 45.2 Å². The summed E-state index contributed by atoms with van der Waals surface area (Å²) >= 11 is 0. The second-order valence-corrected chi connectivity index (χ2v) is 6.86. The van der Waals surface area contributed by atoms with Crippen molar-refractivity contribution in [3.63, 3.8) is 0 Å². The normalized spacial score (nSPS) is 13.0. The molecule has 0 fully saturated rings. The second kappa shape index (κ2) is 6.80. The number of fused-ring (bicyclic) bond motifs is 3. The Hall–Kier alpha value is -3.56. The fourth-order valence-corrected chi connectivity index (χ4v) is 3.68. The van der Waals surface area contributed by atoms with E-state index in [2.05, 4.69) is 4.98 Å². The maximum absolute atomic E-state index is 13.0. The topological polar surface area (TPSA) is 101 Å². The molecule has 3 aromatic rings. The summed E-state index contributed by atoms with van der Waals surface area (Å²) in [4.78, 5) is 43.6. The molecule has 0 unspecified atom stereocenters. The van der Waals surface area contributed by atoms with Gasteiger partial charge in [0.15, 0.2) is 11.2 Å². The zero-order chi connectivity index (χ0) is 20.9. The van der Waals surface area contributed by atoms with Crippen molar-refractivity contribution < 1.29 is 14.3 Å². The highest BCUT2D eigenvalue weighted by Gasteiger charge is 2.30. The largest absolute Gasteiger partial charge is 0.497 e. The number of anilines is 2. The number of aryl methyl sites for hydroxylation is 1. The molecule has 0 spiro atoms. The van der Waals surface area contributed by atoms with Gasteiger partial charge in [-0.3, -0.25) is 18.7 Å². The Labute approximate surface area is 165 Å². The number of hydrogen-bond donors (Lipinski definition) is 0. The van der Waals surface area contributed by atoms with Gasteiger partial charge in [0.2, 0.25) is 5.95 Å². The average Bonchev–Trinajstić information content (AvgIpc) is 3.28. The first-order chi connectivity index (χ1) is 13.9. The number of nitrogens with zero attached hydrogens (tertiary/aromatic N) is 5. The van der Waals surface area contributed by atoms with Gasteiger partial charge in [0.25, 0.3) is 5.56 Å². The fourth-order valence-electron chi connectivity index (χ4n) is 3.68. The molecule has 10 heteroatoms. The summed E-state index contributed by atoms with van der Waals surface area (Å²) in [6.45, 7) is 2.14. The Morgan fingerprint density at radius 2 is 1.93 bits per heavy atom. The van der Waals surface area contributed by atoms with Crippen molar-refractivity contribution in [2.45, 2.75) is 20.0 Å². The molecule has 2 aromatic heterocycles. The second-order valence-electron chi connectivity index (χ2n) is 6.86. The number of hydrogen-bond acceptors (Lipinski definition) is 7. The number of carbonyl (C=O) groups is 1. The van der Waals surface area contributed by atoms with Gasteiger partial charge < -0.3 is 18.9 Å². The molecule has 0 radical (unpaired) electrons. The molecular formula is C19H21N5O5. The molecule has 0 N–H and O–H groups in total. The van der Waals surface area contributed by atoms with Gasteiger partial charge in [-0.15, -0.1) is 0 Å². The number of aromatic nitrogens is 4. The predicted octanol–water partition coefficient (Wildman–Crippen LogP) is 0.655. The monoisotopic (exact) mass is 399 g/mol. The molecule has 0 amide bonds. The number of methoxy groups -OCH3 is 2. The summed E-state index contributed by atoms with van der Waals surface area (Å²) < 4.78 is 14.8. The zero-order valence-corrected chi connectivity index (χ0v) is 16.6. The maximum Gasteiger partial charge on any atom is 0.332 e. The molecule has 1 aliphatic heterocycles. The highest BCUT2D eigenvalue weighted by molar-refractivity contribution is 5.80. The third kappa shape index (κ3) is 2.79. The molecule has 0 saturated heterocycles. The van der Waals surface area contributed by atoms with Crippen molar-refractivity contribution in [2.24, 2.45) is 7.05 Å². The molecule has 0 atom stereocenters. The number of Topliss-reactive ketones (excluding diaryl/α,β-unsaturated/α-hetero) is 1. The molecule has 0 bridgehead atoms. The summed E-state index contributed by atoms with van der Waals surface area (Å²) in [6.07, 6.45) is 0. The van der Waals surface area contributed by atoms with E-state index in [9.17, 15) is 14.4 Å². The number of imidazole rings is 1. The molecule has 4 rings (SSSR count). The Kier molecular flexibility index (Phi) is 4.40. The van der Waals surface area contributed by atoms with E-state index >= 15 is 0 Å². The first kappa shape index (κ1) is 18.8. The van der Waals surface area contributed by atoms with Gasteiger partial charge in [-0.05, 0) is 19.1 Å². The Morgan fingerprint density at radius 1 is 1.17 bits per heavy atom. The molecule has 29 heavy (non-hydrogen) atoms. The van der Waals surface area contributed by atoms with Gasteiger partial charge >= 0.3 is 5.69 Å². The maximum atomic E-state index is 13.0. The Bertz CT molecular complexity index is 1250. The van der Waals surface area contributed by atoms with Crippen LogP contribution < -0.4 is 25.6 Å². The van der Waals surface area contributed by atoms with E-state index in [1.165, 1.54) is 11.5 Å². The minimum Gasteiger partial charge on any atom is -0.497 e. The van der Waals surface area contributed by atoms with Crippen LogP contribution in [0.15, 0.2) is 27.8 Å². The van der Waals surface area contributed by atoms with Crippen LogP contribution in [0.25, 0.3) is 11.2 Å². The number of benzene rings is 1. The van der Waals surface area contributed by atoms with Crippen LogP contribution in [0.1, 0.15) is 6.92 Å². The van der Waals surface area contributed by atoms with E-state index < -0.39 is 11.2 Å². The molecule has 1 aromatic carbocycles. The Balaban J connectivity index is 1.95. The Morgan fingerprint density at radius 3 is 2.59 bits per heavy atom. The molecule has 10 nitrogen and oxygen atoms in total. The first-order valence-electron chi connectivity index (χ1n) is 9.06. The van der Waals surface area contributed by atoms with Crippen molar-refractivity contribution >= 4 is 28.6 Å². The van der Waals surface area contributed by atoms with Gasteiger partial charge in [0, 0.05) is 26.2 Å². The van der Waals surface area contributed by atoms with Crippen LogP contribution in [0.2, 0.25) is 0 Å². The van der Waals surface area contributed by atoms with Gasteiger partial charge in [0.05, 0.1) is 26.5 Å². The van der Waals surface area contributed by atoms with Gasteiger partial charge in [-0.1, -0.05) is 0 Å². The molecular weight excluding hydrogens is 378 g/mol. The van der Waals surface area contributed by atoms with Crippen LogP contribution in [0.4, 0.5) is 11.6 Å². The lowest BCUT2D eigenvalue weighted by Crippen LogP contribution is -2.41. The summed E-state index contributed by atoms with van der Waals surface area (Å²) in [5.74, 6) is 1.55. The molecule has 152 valence electrons. The lowest BCUT2D eigenvalue weighted by Gasteiger charge is -2.19. The van der Waals surface area contributed by atoms with Gasteiger partial charge in [-0.25, -0.2) is 4.79 Å². The van der Waals surface area contributed by atoms with E-state index in [1.54, 1.807) is 38.0 Å². The molecule has 1 aliphatic rings. The number of ketones is 1. The van der Waals surface area contributed by atoms with Crippen LogP contribution >= 0.6 is 0 Å². The van der Waals surface area contributed by atoms with E-state index in [4.69, 9.17) is 9.47 Å². The van der Waals surface area contributed by atoms with Gasteiger partial charge in [0.1, 0.15) is 17.3 Å². The van der Waals surface area contributed by atoms with Crippen molar-refractivity contribution in [3.8, 4) is 11.5 Å². The number of ether oxygens (including phenoxy) is 2. The van der Waals surface area contributed by atoms with Crippen LogP contribution in [0.3, 0.4) is 0 Å². The number of rotatable bonds is 5. The van der Waals surface area contributed by atoms with Gasteiger partial charge in [-0.2, -0.15) is 4.98 Å². The van der Waals surface area contributed by atoms with Crippen molar-refractivity contribution in [2.75, 3.05) is 25.7 Å². The van der Waals surface area contributed by atoms with Crippen LogP contribution in [-0.2, 0) is 24.9 Å². The van der Waals surface area contributed by atoms with E-state index in [0.29, 0.717) is 36.1 Å². The van der Waals surface area contributed by atoms with E-state index in [1.807, 2.05) is 11.0 Å². The van der Waals surface area contributed by atoms with Crippen molar-refractivity contribution in [1.82, 2.24) is 18.7 Å². The minimum atomic E-state index is -0.569. The standard InChI is InChI=1S/C19H21N5O5/c1-11(25)10-24-17(26)15-16(21(2)19(24)27)20-18-22(7-8-23(15)18)13-9-12(28-3)5-6-14(13)29-4/h5-6,9H,7-8,10H2,1-4H3. The highest BCUT2D eigenvalue weighted by Crippen LogP contribution is 2.39. The summed E-state index contributed by atoms with van der Waals surface area (Å²) in [5, 5.41) is 0. The average molecular weight is 399 g/mol. The third-order valence-electron chi connectivity index (χ3n) is 5.06. The lowest BCUT2D eigenvalue weighted by atomic mass is 10.2. The summed E-state index contributed by atoms with van der Waals surface area (Å²) in [6, 6.07) is 5.43. The quantitative estimate of drug-likeness (QED) is 0.621. The van der Waals surface area contributed by atoms with E-state index in [0.717, 1.165) is 10.3 Å². The van der Waals surface area contributed by atoms with Crippen molar-refractivity contribution in [3.05, 3.63) is 39.0 Å². The number of carbonyl (C=O) groups excluding carboxylic acids is 1. The molecule has 0 saturated carbocycles. The zero-order valence-electron chi connectivity index (χ0n) is 16.6. The summed E-state index contributed by atoms with van der Waals surface area (Å²) in [7, 11) is 4.70. The predicted molar refractivity (Wildman–Crippen MR) is 106 cm³/mol. The SMILES string of the molecule is COc1ccc(OC)c(N2CCn3c2nc2c3c(=O)n(CC(C)=O)c(=O)n2C)c1. The fraction of sp³-hybridized carbons (Fsp3) is 0.368. The smallest absolute Gasteiger partial charge is 0.332 e. The third-order valence-corrected chi connectivity index (χ3v) is 5.06. The summed E-state index contributed by atoms with van der Waals surface area (Å²) in [5.41, 5.74) is 0.237. The van der Waals surface area contributed by atoms with Crippen LogP contribution in [0.5, 0.6) is 11.5 Å². The lowest BCUT2D eigenvalue weighted by molar-refractivity contribution is -0.117. The highest BCUT2D eigenvalue weighted by atomic mass is 16.5. The first-order valence-corrected chi connectivity index (χ1v) is 9.06. The minimum absolute atomic E-state index is 0.268. The van der Waals surface area contributed by atoms with E-state index in [-0.39, 0.29) is 18.0 Å². The van der Waals surface area contributed by atoms with Crippen LogP contribution in [0, 0.1) is 0 Å². The molecule has 3 heterocycles. The molecule has 0 aliphatic carbocycles. The van der Waals surface area contributed by atoms with Crippen molar-refractivity contribution in [1.29, 1.82) is 0 Å².